The van der Waals surface area contributed by atoms with Crippen LogP contribution < -0.4 is 10.1 Å². The largest absolute Gasteiger partial charge is 0.497 e. The van der Waals surface area contributed by atoms with Crippen LogP contribution in [-0.4, -0.2) is 87.9 Å². The summed E-state index contributed by atoms with van der Waals surface area (Å²) in [4.78, 5) is 20.7. The zero-order valence-electron chi connectivity index (χ0n) is 19.4. The second-order valence-corrected chi connectivity index (χ2v) is 8.28. The van der Waals surface area contributed by atoms with Crippen LogP contribution in [0.15, 0.2) is 29.3 Å². The molecule has 8 nitrogen and oxygen atoms in total. The van der Waals surface area contributed by atoms with E-state index in [9.17, 15) is 4.79 Å². The van der Waals surface area contributed by atoms with Crippen molar-refractivity contribution in [1.82, 2.24) is 15.1 Å². The Hall–Kier alpha value is -1.59. The monoisotopic (exact) mass is 560 g/mol. The van der Waals surface area contributed by atoms with E-state index in [1.54, 1.807) is 26.1 Å². The van der Waals surface area contributed by atoms with Crippen LogP contribution in [0.1, 0.15) is 31.2 Å². The van der Waals surface area contributed by atoms with Crippen molar-refractivity contribution in [2.24, 2.45) is 4.99 Å². The summed E-state index contributed by atoms with van der Waals surface area (Å²) in [7, 11) is 5.18. The molecule has 2 saturated heterocycles. The van der Waals surface area contributed by atoms with Gasteiger partial charge in [0.15, 0.2) is 5.96 Å². The molecule has 2 fully saturated rings. The number of likely N-dealkylation sites (N-methyl/N-ethyl adjacent to an activating group) is 1. The van der Waals surface area contributed by atoms with E-state index in [-0.39, 0.29) is 48.6 Å². The average molecular weight is 560 g/mol. The summed E-state index contributed by atoms with van der Waals surface area (Å²) in [5.74, 6) is 1.61. The Balaban J connectivity index is 0.00000363. The highest BCUT2D eigenvalue weighted by molar-refractivity contribution is 14.0. The first-order valence-corrected chi connectivity index (χ1v) is 11.1. The fourth-order valence-corrected chi connectivity index (χ4v) is 3.73. The molecule has 1 aromatic carbocycles. The Morgan fingerprint density at radius 1 is 1.22 bits per heavy atom. The highest BCUT2D eigenvalue weighted by Crippen LogP contribution is 2.18. The summed E-state index contributed by atoms with van der Waals surface area (Å²) in [5, 5.41) is 3.25. The molecule has 0 radical (unpaired) electrons. The van der Waals surface area contributed by atoms with Crippen LogP contribution in [-0.2, 0) is 20.8 Å². The van der Waals surface area contributed by atoms with Crippen molar-refractivity contribution >= 4 is 35.8 Å². The molecule has 1 aromatic rings. The molecule has 2 heterocycles. The fraction of sp³-hybridized carbons (Fsp3) is 0.652. The predicted octanol–water partition coefficient (Wildman–Crippen LogP) is 2.51. The van der Waals surface area contributed by atoms with Gasteiger partial charge in [-0.05, 0) is 43.4 Å². The van der Waals surface area contributed by atoms with Gasteiger partial charge in [0, 0.05) is 33.8 Å². The van der Waals surface area contributed by atoms with Crippen molar-refractivity contribution in [3.8, 4) is 5.75 Å². The summed E-state index contributed by atoms with van der Waals surface area (Å²) in [6.45, 7) is 4.01. The summed E-state index contributed by atoms with van der Waals surface area (Å²) >= 11 is 0. The smallest absolute Gasteiger partial charge is 0.241 e. The number of likely N-dealkylation sites (tertiary alicyclic amines) is 1. The number of aliphatic imine (C=N–C) groups is 1. The van der Waals surface area contributed by atoms with Crippen LogP contribution in [0.5, 0.6) is 5.75 Å². The lowest BCUT2D eigenvalue weighted by Gasteiger charge is -2.34. The zero-order chi connectivity index (χ0) is 22.1. The zero-order valence-corrected chi connectivity index (χ0v) is 21.7. The number of rotatable bonds is 8. The molecule has 9 heteroatoms. The molecule has 2 aliphatic rings. The minimum Gasteiger partial charge on any atom is -0.497 e. The van der Waals surface area contributed by atoms with Crippen molar-refractivity contribution in [2.75, 3.05) is 54.1 Å². The average Bonchev–Trinajstić information content (AvgIpc) is 3.32. The Bertz CT molecular complexity index is 715. The summed E-state index contributed by atoms with van der Waals surface area (Å²) < 4.78 is 17.0. The van der Waals surface area contributed by atoms with Crippen LogP contribution in [0.4, 0.5) is 0 Å². The van der Waals surface area contributed by atoms with Gasteiger partial charge in [-0.15, -0.1) is 24.0 Å². The van der Waals surface area contributed by atoms with Crippen molar-refractivity contribution in [3.63, 3.8) is 0 Å². The summed E-state index contributed by atoms with van der Waals surface area (Å²) in [6, 6.07) is 7.89. The number of amides is 1. The molecule has 0 spiro atoms. The van der Waals surface area contributed by atoms with Gasteiger partial charge in [-0.25, -0.2) is 4.99 Å². The lowest BCUT2D eigenvalue weighted by atomic mass is 10.1. The van der Waals surface area contributed by atoms with Gasteiger partial charge in [0.05, 0.1) is 39.0 Å². The quantitative estimate of drug-likeness (QED) is 0.299. The van der Waals surface area contributed by atoms with Crippen LogP contribution >= 0.6 is 24.0 Å². The molecular weight excluding hydrogens is 523 g/mol. The molecule has 0 saturated carbocycles. The molecule has 0 aromatic heterocycles. The van der Waals surface area contributed by atoms with Gasteiger partial charge < -0.3 is 29.3 Å². The van der Waals surface area contributed by atoms with Gasteiger partial charge in [-0.3, -0.25) is 4.79 Å². The lowest BCUT2D eigenvalue weighted by Crippen LogP contribution is -2.49. The Morgan fingerprint density at radius 3 is 2.53 bits per heavy atom. The van der Waals surface area contributed by atoms with Crippen LogP contribution in [0.25, 0.3) is 0 Å². The number of hydrogen-bond donors (Lipinski definition) is 1. The van der Waals surface area contributed by atoms with E-state index >= 15 is 0 Å². The Kier molecular flexibility index (Phi) is 11.5. The van der Waals surface area contributed by atoms with E-state index in [1.165, 1.54) is 0 Å². The number of benzene rings is 1. The molecule has 1 amide bonds. The van der Waals surface area contributed by atoms with Crippen LogP contribution in [0.2, 0.25) is 0 Å². The van der Waals surface area contributed by atoms with E-state index in [0.717, 1.165) is 62.7 Å². The molecule has 180 valence electrons. The number of nitrogens with one attached hydrogen (secondary N) is 1. The summed E-state index contributed by atoms with van der Waals surface area (Å²) in [6.07, 6.45) is 4.64. The molecule has 0 bridgehead atoms. The normalized spacial score (nSPS) is 19.4. The van der Waals surface area contributed by atoms with Crippen molar-refractivity contribution < 1.29 is 19.0 Å². The standard InChI is InChI=1S/C23H36N4O4.HI/c1-26(2)22(28)16-25-23(24-15-18-6-8-19(29-3)9-7-18)27-12-10-20(11-13-27)31-17-21-5-4-14-30-21;/h6-9,20-21H,4-5,10-17H2,1-3H3,(H,24,25);1H. The number of hydrogen-bond acceptors (Lipinski definition) is 5. The lowest BCUT2D eigenvalue weighted by molar-refractivity contribution is -0.127. The van der Waals surface area contributed by atoms with E-state index in [4.69, 9.17) is 19.2 Å². The number of carbonyl (C=O) groups is 1. The predicted molar refractivity (Wildman–Crippen MR) is 136 cm³/mol. The van der Waals surface area contributed by atoms with Gasteiger partial charge in [-0.1, -0.05) is 12.1 Å². The van der Waals surface area contributed by atoms with E-state index in [1.807, 2.05) is 24.3 Å². The number of halogens is 1. The maximum absolute atomic E-state index is 12.1. The topological polar surface area (TPSA) is 75.6 Å². The van der Waals surface area contributed by atoms with Crippen molar-refractivity contribution in [2.45, 2.75) is 44.4 Å². The number of methoxy groups -OCH3 is 1. The van der Waals surface area contributed by atoms with Crippen molar-refractivity contribution in [1.29, 1.82) is 0 Å². The molecular formula is C23H37IN4O4. The number of piperidine rings is 1. The third-order valence-electron chi connectivity index (χ3n) is 5.75. The van der Waals surface area contributed by atoms with Crippen LogP contribution in [0.3, 0.4) is 0 Å². The minimum absolute atomic E-state index is 0. The fourth-order valence-electron chi connectivity index (χ4n) is 3.73. The highest BCUT2D eigenvalue weighted by atomic mass is 127. The molecule has 32 heavy (non-hydrogen) atoms. The number of ether oxygens (including phenoxy) is 3. The van der Waals surface area contributed by atoms with Crippen molar-refractivity contribution in [3.05, 3.63) is 29.8 Å². The second-order valence-electron chi connectivity index (χ2n) is 8.28. The maximum Gasteiger partial charge on any atom is 0.241 e. The molecule has 1 unspecified atom stereocenters. The first-order chi connectivity index (χ1) is 15.0. The van der Waals surface area contributed by atoms with Gasteiger partial charge in [-0.2, -0.15) is 0 Å². The van der Waals surface area contributed by atoms with Gasteiger partial charge in [0.1, 0.15) is 5.75 Å². The number of nitrogens with zero attached hydrogens (tertiary/aromatic N) is 3. The third kappa shape index (κ3) is 8.40. The van der Waals surface area contributed by atoms with Gasteiger partial charge >= 0.3 is 0 Å². The molecule has 0 aliphatic carbocycles. The van der Waals surface area contributed by atoms with E-state index < -0.39 is 0 Å². The van der Waals surface area contributed by atoms with Crippen LogP contribution in [0, 0.1) is 0 Å². The molecule has 3 rings (SSSR count). The summed E-state index contributed by atoms with van der Waals surface area (Å²) in [5.41, 5.74) is 1.09. The van der Waals surface area contributed by atoms with E-state index in [0.29, 0.717) is 13.2 Å². The highest BCUT2D eigenvalue weighted by Gasteiger charge is 2.24. The Labute approximate surface area is 208 Å². The first kappa shape index (κ1) is 26.7. The second kappa shape index (κ2) is 13.8. The number of carbonyl (C=O) groups excluding carboxylic acids is 1. The van der Waals surface area contributed by atoms with Gasteiger partial charge in [0.2, 0.25) is 5.91 Å². The van der Waals surface area contributed by atoms with E-state index in [2.05, 4.69) is 10.2 Å². The SMILES string of the molecule is COc1ccc(CN=C(NCC(=O)N(C)C)N2CCC(OCC3CCCO3)CC2)cc1.I. The number of guanidine groups is 1. The molecule has 1 atom stereocenters. The molecule has 1 N–H and O–H groups in total. The minimum atomic E-state index is 0. The maximum atomic E-state index is 12.1. The first-order valence-electron chi connectivity index (χ1n) is 11.1. The van der Waals surface area contributed by atoms with Gasteiger partial charge in [0.25, 0.3) is 0 Å². The third-order valence-corrected chi connectivity index (χ3v) is 5.75. The Morgan fingerprint density at radius 2 is 1.94 bits per heavy atom. The molecule has 2 aliphatic heterocycles.